The van der Waals surface area contributed by atoms with Gasteiger partial charge in [-0.25, -0.2) is 14.8 Å². The lowest BCUT2D eigenvalue weighted by atomic mass is 9.95. The number of hydrazine groups is 1. The van der Waals surface area contributed by atoms with Crippen LogP contribution in [0.15, 0.2) is 231 Å². The number of aromatic nitrogens is 4. The molecule has 0 saturated carbocycles. The highest BCUT2D eigenvalue weighted by molar-refractivity contribution is 5.36. The predicted octanol–water partition coefficient (Wildman–Crippen LogP) is 13.7. The monoisotopic (exact) mass is 1480 g/mol. The number of nitrogens with two attached hydrogens (primary N) is 1. The number of ether oxygens (including phenoxy) is 9. The Bertz CT molecular complexity index is 4200. The zero-order chi connectivity index (χ0) is 76.6. The highest BCUT2D eigenvalue weighted by Crippen LogP contribution is 2.39. The van der Waals surface area contributed by atoms with Gasteiger partial charge >= 0.3 is 0 Å². The summed E-state index contributed by atoms with van der Waals surface area (Å²) in [7, 11) is 0. The molecule has 0 amide bonds. The highest BCUT2D eigenvalue weighted by Gasteiger charge is 2.51. The zero-order valence-corrected chi connectivity index (χ0v) is 64.1. The molecule has 10 aromatic rings. The lowest BCUT2D eigenvalue weighted by Crippen LogP contribution is -2.64. The number of benzene rings is 8. The molecule has 7 N–H and O–H groups in total. The Morgan fingerprint density at radius 1 is 0.349 bits per heavy atom. The van der Waals surface area contributed by atoms with Crippen LogP contribution in [0, 0.1) is 27.7 Å². The molecule has 13 rings (SSSR count). The summed E-state index contributed by atoms with van der Waals surface area (Å²) >= 11 is 0. The molecule has 0 aliphatic carbocycles. The Morgan fingerprint density at radius 2 is 0.651 bits per heavy atom. The first-order chi connectivity index (χ1) is 53.2. The summed E-state index contributed by atoms with van der Waals surface area (Å²) in [5, 5.41) is 49.4. The average molecular weight is 1480 g/mol. The van der Waals surface area contributed by atoms with E-state index >= 15 is 0 Å². The molecule has 578 valence electrons. The first kappa shape index (κ1) is 81.6. The van der Waals surface area contributed by atoms with Gasteiger partial charge in [0.1, 0.15) is 67.3 Å². The van der Waals surface area contributed by atoms with Gasteiger partial charge in [0.15, 0.2) is 12.5 Å². The van der Waals surface area contributed by atoms with Crippen molar-refractivity contribution in [2.24, 2.45) is 5.84 Å². The van der Waals surface area contributed by atoms with E-state index in [1.807, 2.05) is 140 Å². The molecular formula is C90H110N6O13. The van der Waals surface area contributed by atoms with E-state index in [1.165, 1.54) is 26.9 Å². The molecule has 0 spiro atoms. The number of hydrogen-bond acceptors (Lipinski definition) is 17. The van der Waals surface area contributed by atoms with Crippen molar-refractivity contribution in [1.82, 2.24) is 25.0 Å². The highest BCUT2D eigenvalue weighted by atomic mass is 16.6. The Morgan fingerprint density at radius 3 is 0.991 bits per heavy atom. The van der Waals surface area contributed by atoms with Crippen molar-refractivity contribution >= 4 is 0 Å². The summed E-state index contributed by atoms with van der Waals surface area (Å²) < 4.78 is 62.3. The predicted molar refractivity (Wildman–Crippen MR) is 420 cm³/mol. The van der Waals surface area contributed by atoms with Crippen LogP contribution in [-0.4, -0.2) is 126 Å². The van der Waals surface area contributed by atoms with Crippen molar-refractivity contribution in [3.63, 3.8) is 0 Å². The number of rotatable bonds is 30. The molecule has 0 radical (unpaired) electrons. The number of aryl methyl sites for hydroxylation is 4. The number of hydrogen-bond donors (Lipinski definition) is 6. The van der Waals surface area contributed by atoms with Crippen LogP contribution >= 0.6 is 0 Å². The van der Waals surface area contributed by atoms with E-state index in [4.69, 9.17) is 53.6 Å². The number of aliphatic hydroxyl groups is 4. The van der Waals surface area contributed by atoms with Crippen LogP contribution in [0.2, 0.25) is 0 Å². The minimum atomic E-state index is -1.42. The lowest BCUT2D eigenvalue weighted by molar-refractivity contribution is -0.286. The van der Waals surface area contributed by atoms with E-state index in [0.29, 0.717) is 46.1 Å². The van der Waals surface area contributed by atoms with E-state index in [-0.39, 0.29) is 30.5 Å². The van der Waals surface area contributed by atoms with Gasteiger partial charge in [-0.3, -0.25) is 5.84 Å². The molecule has 1 unspecified atom stereocenters. The third kappa shape index (κ3) is 21.6. The largest absolute Gasteiger partial charge is 0.394 e. The molecule has 5 heterocycles. The second kappa shape index (κ2) is 41.0. The maximum Gasteiger partial charge on any atom is 0.179 e. The van der Waals surface area contributed by atoms with E-state index < -0.39 is 68.0 Å². The van der Waals surface area contributed by atoms with Crippen molar-refractivity contribution in [3.05, 3.63) is 320 Å². The van der Waals surface area contributed by atoms with E-state index in [0.717, 1.165) is 99.4 Å². The standard InChI is InChI=1S/C42H48N2O4.C28H34N2O4.C20H28N2O5/c1-5-32-22-24-33(25-23-32)26-37-30(3)43-44(31(37)4)42-41(47-29-36-20-14-9-15-21-36)40(46-28-35-18-12-8-13-19-35)39(38(6-2)48-42)45-27-34-16-10-7-11-17-34;1-2-24-25(31-18-21-12-6-3-7-13-21)26(32-19-22-14-8-4-9-15-22)27(28(30-29)34-24)33-20-23-16-10-5-11-17-23;1-4-13-5-7-14(8-6-13)9-15-11(2)21-22(12(15)3)20-19(26)18(25)17(24)16(10-23)27-20/h7-25,38-42H,5-6,26-29H2,1-4H3;3-17,24-28,30H,2,18-20,29H2,1H3;5-8,16-20,23-26H,4,9-10H2,1-3H3/t38-,39-,40+,41-,42-;24-,25-,26+,27-,28?;16-,17-,18+,19-,20-/m111/s1. The minimum Gasteiger partial charge on any atom is -0.394 e. The van der Waals surface area contributed by atoms with Gasteiger partial charge in [-0.05, 0) is 109 Å². The number of nitrogens with one attached hydrogen (secondary N) is 1. The molecular weight excluding hydrogens is 1370 g/mol. The van der Waals surface area contributed by atoms with Gasteiger partial charge in [-0.2, -0.15) is 10.2 Å². The Hall–Kier alpha value is -8.42. The maximum absolute atomic E-state index is 10.4. The van der Waals surface area contributed by atoms with Gasteiger partial charge in [0.2, 0.25) is 0 Å². The Labute approximate surface area is 642 Å². The third-order valence-electron chi connectivity index (χ3n) is 20.8. The first-order valence-corrected chi connectivity index (χ1v) is 38.4. The van der Waals surface area contributed by atoms with Crippen molar-refractivity contribution in [3.8, 4) is 0 Å². The molecule has 3 aliphatic rings. The summed E-state index contributed by atoms with van der Waals surface area (Å²) in [6.07, 6.45) is -4.94. The Kier molecular flexibility index (Phi) is 30.7. The molecule has 3 aliphatic heterocycles. The second-order valence-electron chi connectivity index (χ2n) is 28.3. The zero-order valence-electron chi connectivity index (χ0n) is 64.1. The second-order valence-corrected chi connectivity index (χ2v) is 28.3. The van der Waals surface area contributed by atoms with E-state index in [9.17, 15) is 20.4 Å². The van der Waals surface area contributed by atoms with Crippen LogP contribution < -0.4 is 11.3 Å². The van der Waals surface area contributed by atoms with E-state index in [2.05, 4.69) is 161 Å². The molecule has 3 fully saturated rings. The fourth-order valence-corrected chi connectivity index (χ4v) is 14.4. The average Bonchev–Trinajstić information content (AvgIpc) is 1.73. The van der Waals surface area contributed by atoms with Gasteiger partial charge in [0.25, 0.3) is 0 Å². The third-order valence-corrected chi connectivity index (χ3v) is 20.8. The van der Waals surface area contributed by atoms with Gasteiger partial charge in [-0.1, -0.05) is 258 Å². The smallest absolute Gasteiger partial charge is 0.179 e. The van der Waals surface area contributed by atoms with Gasteiger partial charge < -0.3 is 63.1 Å². The lowest BCUT2D eigenvalue weighted by Gasteiger charge is -2.46. The summed E-state index contributed by atoms with van der Waals surface area (Å²) in [6.45, 7) is 18.7. The summed E-state index contributed by atoms with van der Waals surface area (Å²) in [5.41, 5.74) is 20.3. The maximum atomic E-state index is 10.4. The van der Waals surface area contributed by atoms with Crippen molar-refractivity contribution < 1.29 is 63.1 Å². The molecule has 2 aromatic heterocycles. The minimum absolute atomic E-state index is 0.192. The van der Waals surface area contributed by atoms with Crippen molar-refractivity contribution in [1.29, 1.82) is 0 Å². The van der Waals surface area contributed by atoms with Crippen molar-refractivity contribution in [2.45, 2.75) is 225 Å². The summed E-state index contributed by atoms with van der Waals surface area (Å²) in [5.74, 6) is 5.91. The summed E-state index contributed by atoms with van der Waals surface area (Å²) in [4.78, 5) is 0. The normalized spacial score (nSPS) is 24.0. The molecule has 3 saturated heterocycles. The Balaban J connectivity index is 0.000000170. The van der Waals surface area contributed by atoms with Crippen LogP contribution in [0.25, 0.3) is 0 Å². The van der Waals surface area contributed by atoms with Crippen LogP contribution in [-0.2, 0) is 108 Å². The van der Waals surface area contributed by atoms with Crippen LogP contribution in [0.5, 0.6) is 0 Å². The van der Waals surface area contributed by atoms with Crippen molar-refractivity contribution in [2.75, 3.05) is 6.61 Å². The van der Waals surface area contributed by atoms with Crippen LogP contribution in [0.3, 0.4) is 0 Å². The fraction of sp³-hybridized carbons (Fsp3) is 0.400. The van der Waals surface area contributed by atoms with Crippen LogP contribution in [0.1, 0.15) is 143 Å². The number of aliphatic hydroxyl groups excluding tert-OH is 4. The summed E-state index contributed by atoms with van der Waals surface area (Å²) in [6, 6.07) is 78.5. The number of nitrogens with zero attached hydrogens (tertiary/aromatic N) is 4. The SMILES string of the molecule is CC[C@H]1OC(NN)[C@H](OCc2ccccc2)[C@@H](OCc2ccccc2)[C@@H]1OCc1ccccc1.CCc1ccc(Cc2c(C)nn([C@@H]3O[C@H](CC)[C@@H](OCc4ccccc4)[C@H](OCc4ccccc4)[C@H]3OCc3ccccc3)c2C)cc1.CCc1ccc(Cc2c(C)nn([C@@H]3O[C@H](CO)[C@@H](O)[C@H](O)[C@H]3O)c2C)cc1. The first-order valence-electron chi connectivity index (χ1n) is 38.4. The van der Waals surface area contributed by atoms with Gasteiger partial charge in [0.05, 0.1) is 69.8 Å². The van der Waals surface area contributed by atoms with Gasteiger partial charge in [-0.15, -0.1) is 0 Å². The molecule has 19 nitrogen and oxygen atoms in total. The fourth-order valence-electron chi connectivity index (χ4n) is 14.4. The molecule has 109 heavy (non-hydrogen) atoms. The molecule has 19 heteroatoms. The topological polar surface area (TPSA) is 238 Å². The molecule has 8 aromatic carbocycles. The van der Waals surface area contributed by atoms with Gasteiger partial charge in [0, 0.05) is 35.4 Å². The quantitative estimate of drug-likeness (QED) is 0.0181. The molecule has 15 atom stereocenters. The molecule has 0 bridgehead atoms. The van der Waals surface area contributed by atoms with Crippen LogP contribution in [0.4, 0.5) is 0 Å². The van der Waals surface area contributed by atoms with E-state index in [1.54, 1.807) is 0 Å².